The molecule has 0 bridgehead atoms. The monoisotopic (exact) mass is 339 g/mol. The number of aromatic nitrogens is 4. The van der Waals surface area contributed by atoms with Gasteiger partial charge in [0.05, 0.1) is 12.2 Å². The third-order valence-electron chi connectivity index (χ3n) is 4.26. The minimum Gasteiger partial charge on any atom is -0.348 e. The zero-order chi connectivity index (χ0) is 18.0. The van der Waals surface area contributed by atoms with Crippen LogP contribution >= 0.6 is 0 Å². The van der Waals surface area contributed by atoms with Gasteiger partial charge >= 0.3 is 0 Å². The summed E-state index contributed by atoms with van der Waals surface area (Å²) in [5.74, 6) is -0.223. The summed E-state index contributed by atoms with van der Waals surface area (Å²) >= 11 is 0. The summed E-state index contributed by atoms with van der Waals surface area (Å²) < 4.78 is 2.84. The van der Waals surface area contributed by atoms with E-state index in [0.717, 1.165) is 12.0 Å². The quantitative estimate of drug-likeness (QED) is 0.767. The first-order valence-electron chi connectivity index (χ1n) is 8.22. The van der Waals surface area contributed by atoms with Crippen molar-refractivity contribution >= 4 is 16.9 Å². The fourth-order valence-corrected chi connectivity index (χ4v) is 2.79. The molecule has 1 atom stereocenters. The number of nitrogens with one attached hydrogen (secondary N) is 1. The van der Waals surface area contributed by atoms with Crippen LogP contribution in [0.3, 0.4) is 0 Å². The number of hydrogen-bond donors (Lipinski definition) is 1. The van der Waals surface area contributed by atoms with Gasteiger partial charge in [0.1, 0.15) is 18.3 Å². The Hall–Kier alpha value is -2.96. The molecule has 0 aliphatic heterocycles. The largest absolute Gasteiger partial charge is 0.348 e. The van der Waals surface area contributed by atoms with Crippen LogP contribution in [0.25, 0.3) is 11.0 Å². The van der Waals surface area contributed by atoms with E-state index in [0.29, 0.717) is 11.0 Å². The van der Waals surface area contributed by atoms with E-state index in [1.54, 1.807) is 7.05 Å². The van der Waals surface area contributed by atoms with Gasteiger partial charge in [-0.25, -0.2) is 4.98 Å². The number of amides is 1. The van der Waals surface area contributed by atoms with E-state index >= 15 is 0 Å². The van der Waals surface area contributed by atoms with Gasteiger partial charge in [0.15, 0.2) is 5.65 Å². The predicted molar refractivity (Wildman–Crippen MR) is 95.1 cm³/mol. The number of nitrogens with zero attached hydrogens (tertiary/aromatic N) is 4. The fraction of sp³-hybridized carbons (Fsp3) is 0.333. The highest BCUT2D eigenvalue weighted by Gasteiger charge is 2.15. The van der Waals surface area contributed by atoms with Crippen LogP contribution in [0.15, 0.2) is 41.6 Å². The third-order valence-corrected chi connectivity index (χ3v) is 4.26. The van der Waals surface area contributed by atoms with Crippen LogP contribution in [0, 0.1) is 6.92 Å². The summed E-state index contributed by atoms with van der Waals surface area (Å²) in [7, 11) is 1.72. The smallest absolute Gasteiger partial charge is 0.264 e. The van der Waals surface area contributed by atoms with Crippen LogP contribution in [-0.4, -0.2) is 25.2 Å². The van der Waals surface area contributed by atoms with Crippen molar-refractivity contribution in [3.63, 3.8) is 0 Å². The lowest BCUT2D eigenvalue weighted by Crippen LogP contribution is -2.34. The van der Waals surface area contributed by atoms with Gasteiger partial charge in [-0.2, -0.15) is 5.10 Å². The maximum atomic E-state index is 12.4. The number of aryl methyl sites for hydroxylation is 2. The average Bonchev–Trinajstić information content (AvgIpc) is 2.98. The molecule has 7 heteroatoms. The van der Waals surface area contributed by atoms with Crippen LogP contribution in [0.1, 0.15) is 30.5 Å². The molecule has 1 N–H and O–H groups in total. The molecule has 0 saturated heterocycles. The van der Waals surface area contributed by atoms with Gasteiger partial charge in [0.2, 0.25) is 5.91 Å². The first-order valence-corrected chi connectivity index (χ1v) is 8.22. The zero-order valence-electron chi connectivity index (χ0n) is 14.6. The van der Waals surface area contributed by atoms with E-state index in [9.17, 15) is 9.59 Å². The Kier molecular flexibility index (Phi) is 4.65. The topological polar surface area (TPSA) is 81.8 Å². The molecule has 2 aromatic heterocycles. The predicted octanol–water partition coefficient (Wildman–Crippen LogP) is 1.71. The van der Waals surface area contributed by atoms with Crippen molar-refractivity contribution < 1.29 is 4.79 Å². The molecule has 7 nitrogen and oxygen atoms in total. The van der Waals surface area contributed by atoms with Crippen LogP contribution in [0.5, 0.6) is 0 Å². The molecule has 0 radical (unpaired) electrons. The van der Waals surface area contributed by atoms with E-state index < -0.39 is 0 Å². The summed E-state index contributed by atoms with van der Waals surface area (Å²) in [5, 5.41) is 7.42. The summed E-state index contributed by atoms with van der Waals surface area (Å²) in [6.45, 7) is 3.97. The summed E-state index contributed by atoms with van der Waals surface area (Å²) in [4.78, 5) is 29.0. The molecule has 1 aromatic carbocycles. The molecular weight excluding hydrogens is 318 g/mol. The molecule has 0 aliphatic carbocycles. The minimum absolute atomic E-state index is 0.0704. The van der Waals surface area contributed by atoms with Gasteiger partial charge < -0.3 is 5.32 Å². The molecule has 1 amide bonds. The number of hydrogen-bond acceptors (Lipinski definition) is 4. The molecule has 1 unspecified atom stereocenters. The van der Waals surface area contributed by atoms with Crippen molar-refractivity contribution in [2.24, 2.45) is 7.05 Å². The second kappa shape index (κ2) is 6.88. The Bertz CT molecular complexity index is 956. The number of fused-ring (bicyclic) bond motifs is 1. The Labute approximate surface area is 145 Å². The minimum atomic E-state index is -0.267. The molecule has 25 heavy (non-hydrogen) atoms. The molecule has 0 spiro atoms. The summed E-state index contributed by atoms with van der Waals surface area (Å²) in [6.07, 6.45) is 3.63. The van der Waals surface area contributed by atoms with E-state index in [-0.39, 0.29) is 24.1 Å². The average molecular weight is 339 g/mol. The van der Waals surface area contributed by atoms with Crippen molar-refractivity contribution in [3.05, 3.63) is 58.3 Å². The Morgan fingerprint density at radius 3 is 2.68 bits per heavy atom. The SMILES string of the molecule is CCC(NC(=O)Cn1cnc2c(cnn2C)c1=O)c1ccc(C)cc1. The molecule has 3 aromatic rings. The molecule has 3 rings (SSSR count). The Morgan fingerprint density at radius 1 is 1.28 bits per heavy atom. The third kappa shape index (κ3) is 3.45. The van der Waals surface area contributed by atoms with Gasteiger partial charge in [-0.3, -0.25) is 18.8 Å². The molecular formula is C18H21N5O2. The van der Waals surface area contributed by atoms with E-state index in [2.05, 4.69) is 15.4 Å². The number of carbonyl (C=O) groups excluding carboxylic acids is 1. The highest BCUT2D eigenvalue weighted by Crippen LogP contribution is 2.17. The Balaban J connectivity index is 1.76. The maximum Gasteiger partial charge on any atom is 0.264 e. The summed E-state index contributed by atoms with van der Waals surface area (Å²) in [6, 6.07) is 7.99. The van der Waals surface area contributed by atoms with E-state index in [1.807, 2.05) is 38.1 Å². The molecule has 2 heterocycles. The van der Waals surface area contributed by atoms with Crippen LogP contribution in [0.2, 0.25) is 0 Å². The zero-order valence-corrected chi connectivity index (χ0v) is 14.6. The lowest BCUT2D eigenvalue weighted by atomic mass is 10.0. The first-order chi connectivity index (χ1) is 12.0. The van der Waals surface area contributed by atoms with Gasteiger partial charge in [-0.1, -0.05) is 36.8 Å². The second-order valence-corrected chi connectivity index (χ2v) is 6.12. The van der Waals surface area contributed by atoms with Gasteiger partial charge in [-0.15, -0.1) is 0 Å². The van der Waals surface area contributed by atoms with E-state index in [1.165, 1.54) is 27.3 Å². The van der Waals surface area contributed by atoms with Crippen molar-refractivity contribution in [2.45, 2.75) is 32.9 Å². The van der Waals surface area contributed by atoms with E-state index in [4.69, 9.17) is 0 Å². The lowest BCUT2D eigenvalue weighted by molar-refractivity contribution is -0.122. The van der Waals surface area contributed by atoms with Crippen molar-refractivity contribution in [1.29, 1.82) is 0 Å². The molecule has 0 aliphatic rings. The number of rotatable bonds is 5. The van der Waals surface area contributed by atoms with Crippen molar-refractivity contribution in [3.8, 4) is 0 Å². The fourth-order valence-electron chi connectivity index (χ4n) is 2.79. The maximum absolute atomic E-state index is 12.4. The molecule has 130 valence electrons. The highest BCUT2D eigenvalue weighted by molar-refractivity contribution is 5.77. The normalized spacial score (nSPS) is 12.3. The van der Waals surface area contributed by atoms with Gasteiger partial charge in [0.25, 0.3) is 5.56 Å². The summed E-state index contributed by atoms with van der Waals surface area (Å²) in [5.41, 5.74) is 2.46. The molecule has 0 fully saturated rings. The highest BCUT2D eigenvalue weighted by atomic mass is 16.2. The number of carbonyl (C=O) groups is 1. The lowest BCUT2D eigenvalue weighted by Gasteiger charge is -2.18. The van der Waals surface area contributed by atoms with Gasteiger partial charge in [-0.05, 0) is 18.9 Å². The van der Waals surface area contributed by atoms with Crippen molar-refractivity contribution in [1.82, 2.24) is 24.6 Å². The second-order valence-electron chi connectivity index (χ2n) is 6.12. The first kappa shape index (κ1) is 16.9. The van der Waals surface area contributed by atoms with Crippen LogP contribution < -0.4 is 10.9 Å². The van der Waals surface area contributed by atoms with Crippen LogP contribution in [-0.2, 0) is 18.4 Å². The molecule has 0 saturated carbocycles. The van der Waals surface area contributed by atoms with Crippen molar-refractivity contribution in [2.75, 3.05) is 0 Å². The standard InChI is InChI=1S/C18H21N5O2/c1-4-15(13-7-5-12(2)6-8-13)21-16(24)10-23-11-19-17-14(18(23)25)9-20-22(17)3/h5-9,11,15H,4,10H2,1-3H3,(H,21,24). The van der Waals surface area contributed by atoms with Crippen LogP contribution in [0.4, 0.5) is 0 Å². The Morgan fingerprint density at radius 2 is 2.00 bits per heavy atom. The van der Waals surface area contributed by atoms with Gasteiger partial charge in [0, 0.05) is 7.05 Å². The number of benzene rings is 1.